The Morgan fingerprint density at radius 1 is 1.16 bits per heavy atom. The number of hydrogen-bond acceptors (Lipinski definition) is 6. The number of rotatable bonds is 5. The number of aliphatic imine (C=N–C) groups is 1. The fourth-order valence-electron chi connectivity index (χ4n) is 3.52. The Hall–Kier alpha value is -0.980. The van der Waals surface area contributed by atoms with Crippen molar-refractivity contribution in [1.82, 2.24) is 25.0 Å². The van der Waals surface area contributed by atoms with Crippen LogP contribution in [0.2, 0.25) is 0 Å². The topological polar surface area (TPSA) is 73.3 Å². The van der Waals surface area contributed by atoms with Crippen molar-refractivity contribution in [3.63, 3.8) is 0 Å². The lowest BCUT2D eigenvalue weighted by Gasteiger charge is -2.37. The largest absolute Gasteiger partial charge is 0.378 e. The van der Waals surface area contributed by atoms with Crippen LogP contribution in [0.5, 0.6) is 0 Å². The third kappa shape index (κ3) is 7.83. The summed E-state index contributed by atoms with van der Waals surface area (Å²) in [6, 6.07) is 0. The molecule has 0 spiro atoms. The average Bonchev–Trinajstić information content (AvgIpc) is 3.22. The predicted molar refractivity (Wildman–Crippen MR) is 136 cm³/mol. The van der Waals surface area contributed by atoms with E-state index in [0.717, 1.165) is 49.4 Å². The number of amides is 1. The standard InChI is InChI=1S/C21H36N6O2S.HI/c1-5-22-20(23-14-18-24-17(16-30-18)21(2,3)4)27-8-6-25(7-9-27)15-19(28)26-10-12-29-13-11-26;/h16H,5-15H2,1-4H3,(H,22,23);1H. The maximum atomic E-state index is 12.5. The average molecular weight is 565 g/mol. The first-order valence-electron chi connectivity index (χ1n) is 10.9. The Morgan fingerprint density at radius 2 is 1.84 bits per heavy atom. The van der Waals surface area contributed by atoms with Crippen LogP contribution < -0.4 is 5.32 Å². The van der Waals surface area contributed by atoms with E-state index in [4.69, 9.17) is 14.7 Å². The van der Waals surface area contributed by atoms with Gasteiger partial charge in [-0.25, -0.2) is 9.98 Å². The van der Waals surface area contributed by atoms with Gasteiger partial charge in [-0.3, -0.25) is 9.69 Å². The minimum Gasteiger partial charge on any atom is -0.378 e. The van der Waals surface area contributed by atoms with Crippen molar-refractivity contribution in [1.29, 1.82) is 0 Å². The Kier molecular flexibility index (Phi) is 10.4. The first kappa shape index (κ1) is 26.3. The van der Waals surface area contributed by atoms with Gasteiger partial charge in [0.1, 0.15) is 5.01 Å². The molecule has 1 amide bonds. The molecule has 2 aliphatic heterocycles. The highest BCUT2D eigenvalue weighted by Gasteiger charge is 2.24. The van der Waals surface area contributed by atoms with Crippen LogP contribution in [-0.2, 0) is 21.5 Å². The maximum absolute atomic E-state index is 12.5. The Bertz CT molecular complexity index is 722. The molecule has 0 aromatic carbocycles. The van der Waals surface area contributed by atoms with Crippen LogP contribution in [0.25, 0.3) is 0 Å². The third-order valence-electron chi connectivity index (χ3n) is 5.41. The second-order valence-corrected chi connectivity index (χ2v) is 9.75. The van der Waals surface area contributed by atoms with Crippen molar-refractivity contribution in [2.75, 3.05) is 65.6 Å². The van der Waals surface area contributed by atoms with Crippen LogP contribution in [-0.4, -0.2) is 97.1 Å². The maximum Gasteiger partial charge on any atom is 0.236 e. The molecule has 2 aliphatic rings. The zero-order valence-corrected chi connectivity index (χ0v) is 22.4. The van der Waals surface area contributed by atoms with Crippen LogP contribution >= 0.6 is 35.3 Å². The van der Waals surface area contributed by atoms with Gasteiger partial charge in [-0.2, -0.15) is 0 Å². The summed E-state index contributed by atoms with van der Waals surface area (Å²) in [6.07, 6.45) is 0. The van der Waals surface area contributed by atoms with E-state index in [1.165, 1.54) is 0 Å². The van der Waals surface area contributed by atoms with Crippen LogP contribution in [0.15, 0.2) is 10.4 Å². The van der Waals surface area contributed by atoms with E-state index in [9.17, 15) is 4.79 Å². The first-order valence-corrected chi connectivity index (χ1v) is 11.8. The second-order valence-electron chi connectivity index (χ2n) is 8.80. The fraction of sp³-hybridized carbons (Fsp3) is 0.762. The van der Waals surface area contributed by atoms with Crippen molar-refractivity contribution >= 4 is 47.2 Å². The molecule has 1 aromatic heterocycles. The van der Waals surface area contributed by atoms with Crippen molar-refractivity contribution < 1.29 is 9.53 Å². The molecular weight excluding hydrogens is 527 g/mol. The van der Waals surface area contributed by atoms with E-state index >= 15 is 0 Å². The quantitative estimate of drug-likeness (QED) is 0.335. The number of thiazole rings is 1. The van der Waals surface area contributed by atoms with Crippen molar-refractivity contribution in [2.45, 2.75) is 39.7 Å². The molecule has 0 aliphatic carbocycles. The summed E-state index contributed by atoms with van der Waals surface area (Å²) in [4.78, 5) is 28.5. The molecule has 0 saturated carbocycles. The summed E-state index contributed by atoms with van der Waals surface area (Å²) in [5.41, 5.74) is 1.19. The van der Waals surface area contributed by atoms with Gasteiger partial charge in [0, 0.05) is 56.6 Å². The number of aromatic nitrogens is 1. The van der Waals surface area contributed by atoms with Gasteiger partial charge in [0.2, 0.25) is 5.91 Å². The molecule has 0 radical (unpaired) electrons. The highest BCUT2D eigenvalue weighted by atomic mass is 127. The number of carbonyl (C=O) groups excluding carboxylic acids is 1. The lowest BCUT2D eigenvalue weighted by molar-refractivity contribution is -0.136. The smallest absolute Gasteiger partial charge is 0.236 e. The zero-order valence-electron chi connectivity index (χ0n) is 19.2. The number of morpholine rings is 1. The van der Waals surface area contributed by atoms with Gasteiger partial charge in [0.15, 0.2) is 5.96 Å². The van der Waals surface area contributed by atoms with E-state index in [-0.39, 0.29) is 35.3 Å². The second kappa shape index (κ2) is 12.3. The molecule has 0 atom stereocenters. The van der Waals surface area contributed by atoms with E-state index in [1.807, 2.05) is 4.90 Å². The number of nitrogens with one attached hydrogen (secondary N) is 1. The number of guanidine groups is 1. The van der Waals surface area contributed by atoms with Crippen LogP contribution in [0.4, 0.5) is 0 Å². The van der Waals surface area contributed by atoms with Gasteiger partial charge >= 0.3 is 0 Å². The van der Waals surface area contributed by atoms with Gasteiger partial charge in [-0.05, 0) is 6.92 Å². The molecule has 1 aromatic rings. The minimum atomic E-state index is 0. The molecule has 1 N–H and O–H groups in total. The van der Waals surface area contributed by atoms with Crippen LogP contribution in [0.3, 0.4) is 0 Å². The molecule has 10 heteroatoms. The van der Waals surface area contributed by atoms with Gasteiger partial charge in [-0.1, -0.05) is 20.8 Å². The summed E-state index contributed by atoms with van der Waals surface area (Å²) in [5, 5.41) is 6.60. The minimum absolute atomic E-state index is 0. The Labute approximate surface area is 207 Å². The number of carbonyl (C=O) groups is 1. The summed E-state index contributed by atoms with van der Waals surface area (Å²) >= 11 is 1.68. The van der Waals surface area contributed by atoms with Gasteiger partial charge in [0.05, 0.1) is 32.0 Å². The fourth-order valence-corrected chi connectivity index (χ4v) is 4.46. The molecule has 3 heterocycles. The van der Waals surface area contributed by atoms with Crippen molar-refractivity contribution in [2.24, 2.45) is 4.99 Å². The van der Waals surface area contributed by atoms with Crippen LogP contribution in [0, 0.1) is 0 Å². The highest BCUT2D eigenvalue weighted by molar-refractivity contribution is 14.0. The number of hydrogen-bond donors (Lipinski definition) is 1. The molecule has 2 saturated heterocycles. The predicted octanol–water partition coefficient (Wildman–Crippen LogP) is 2.00. The molecule has 0 unspecified atom stereocenters. The van der Waals surface area contributed by atoms with Crippen molar-refractivity contribution in [3.05, 3.63) is 16.1 Å². The summed E-state index contributed by atoms with van der Waals surface area (Å²) < 4.78 is 5.34. The number of halogens is 1. The van der Waals surface area contributed by atoms with Gasteiger partial charge in [0.25, 0.3) is 0 Å². The molecule has 8 nitrogen and oxygen atoms in total. The SMILES string of the molecule is CCNC(=NCc1nc(C(C)(C)C)cs1)N1CCN(CC(=O)N2CCOCC2)CC1.I. The van der Waals surface area contributed by atoms with Gasteiger partial charge < -0.3 is 19.9 Å². The van der Waals surface area contributed by atoms with E-state index in [2.05, 4.69) is 48.2 Å². The lowest BCUT2D eigenvalue weighted by Crippen LogP contribution is -2.54. The molecule has 2 fully saturated rings. The monoisotopic (exact) mass is 564 g/mol. The molecule has 3 rings (SSSR count). The lowest BCUT2D eigenvalue weighted by atomic mass is 9.93. The van der Waals surface area contributed by atoms with Crippen LogP contribution in [0.1, 0.15) is 38.4 Å². The van der Waals surface area contributed by atoms with E-state index in [0.29, 0.717) is 39.4 Å². The molecular formula is C21H37IN6O2S. The summed E-state index contributed by atoms with van der Waals surface area (Å²) in [7, 11) is 0. The molecule has 31 heavy (non-hydrogen) atoms. The zero-order chi connectivity index (χ0) is 21.6. The summed E-state index contributed by atoms with van der Waals surface area (Å²) in [6.45, 7) is 16.8. The number of ether oxygens (including phenoxy) is 1. The molecule has 176 valence electrons. The summed E-state index contributed by atoms with van der Waals surface area (Å²) in [5.74, 6) is 1.15. The Balaban J connectivity index is 0.00000341. The van der Waals surface area contributed by atoms with Gasteiger partial charge in [-0.15, -0.1) is 35.3 Å². The Morgan fingerprint density at radius 3 is 2.42 bits per heavy atom. The van der Waals surface area contributed by atoms with E-state index < -0.39 is 0 Å². The van der Waals surface area contributed by atoms with E-state index in [1.54, 1.807) is 11.3 Å². The number of nitrogens with zero attached hydrogens (tertiary/aromatic N) is 5. The number of piperazine rings is 1. The first-order chi connectivity index (χ1) is 14.4. The third-order valence-corrected chi connectivity index (χ3v) is 6.25. The molecule has 0 bridgehead atoms. The highest BCUT2D eigenvalue weighted by Crippen LogP contribution is 2.24. The normalized spacial score (nSPS) is 18.6. The van der Waals surface area contributed by atoms with Crippen molar-refractivity contribution in [3.8, 4) is 0 Å².